The molecule has 0 bridgehead atoms. The molecule has 0 saturated heterocycles. The molecule has 3 rings (SSSR count). The van der Waals surface area contributed by atoms with Crippen molar-refractivity contribution in [1.82, 2.24) is 5.16 Å². The summed E-state index contributed by atoms with van der Waals surface area (Å²) in [6.07, 6.45) is 0. The van der Waals surface area contributed by atoms with E-state index < -0.39 is 0 Å². The van der Waals surface area contributed by atoms with Crippen LogP contribution in [0.3, 0.4) is 0 Å². The smallest absolute Gasteiger partial charge is 0.277 e. The van der Waals surface area contributed by atoms with Gasteiger partial charge >= 0.3 is 0 Å². The van der Waals surface area contributed by atoms with Crippen LogP contribution in [0, 0.1) is 0 Å². The molecular weight excluding hydrogens is 368 g/mol. The topological polar surface area (TPSA) is 55.1 Å². The van der Waals surface area contributed by atoms with Crippen molar-refractivity contribution in [3.05, 3.63) is 69.8 Å². The lowest BCUT2D eigenvalue weighted by molar-refractivity contribution is 0.101. The number of carbonyl (C=O) groups excluding carboxylic acids is 1. The molecular formula is C16H10BrClN2O2. The average molecular weight is 378 g/mol. The first-order valence-electron chi connectivity index (χ1n) is 6.41. The summed E-state index contributed by atoms with van der Waals surface area (Å²) in [7, 11) is 0. The highest BCUT2D eigenvalue weighted by Gasteiger charge is 2.14. The molecule has 3 aromatic rings. The lowest BCUT2D eigenvalue weighted by Gasteiger charge is -2.02. The van der Waals surface area contributed by atoms with Crippen molar-refractivity contribution in [2.24, 2.45) is 0 Å². The van der Waals surface area contributed by atoms with Crippen LogP contribution in [0.25, 0.3) is 11.3 Å². The summed E-state index contributed by atoms with van der Waals surface area (Å²) >= 11 is 9.18. The van der Waals surface area contributed by atoms with E-state index in [1.54, 1.807) is 42.5 Å². The summed E-state index contributed by atoms with van der Waals surface area (Å²) in [6, 6.07) is 16.0. The predicted molar refractivity (Wildman–Crippen MR) is 89.0 cm³/mol. The van der Waals surface area contributed by atoms with Crippen LogP contribution in [0.4, 0.5) is 5.69 Å². The minimum atomic E-state index is -0.328. The second-order valence-corrected chi connectivity index (χ2v) is 5.90. The number of benzene rings is 2. The third kappa shape index (κ3) is 3.37. The van der Waals surface area contributed by atoms with E-state index in [1.807, 2.05) is 12.1 Å². The highest BCUT2D eigenvalue weighted by Crippen LogP contribution is 2.23. The van der Waals surface area contributed by atoms with Gasteiger partial charge in [-0.2, -0.15) is 0 Å². The molecule has 0 radical (unpaired) electrons. The van der Waals surface area contributed by atoms with E-state index in [0.717, 1.165) is 10.0 Å². The molecule has 110 valence electrons. The van der Waals surface area contributed by atoms with Crippen LogP contribution < -0.4 is 5.32 Å². The molecule has 1 N–H and O–H groups in total. The van der Waals surface area contributed by atoms with E-state index >= 15 is 0 Å². The van der Waals surface area contributed by atoms with Crippen molar-refractivity contribution < 1.29 is 9.32 Å². The summed E-state index contributed by atoms with van der Waals surface area (Å²) in [4.78, 5) is 12.1. The maximum Gasteiger partial charge on any atom is 0.277 e. The molecule has 1 amide bonds. The SMILES string of the molecule is O=C(Nc1ccc(Br)cc1)c1cc(-c2ccc(Cl)cc2)on1. The molecule has 4 nitrogen and oxygen atoms in total. The van der Waals surface area contributed by atoms with Gasteiger partial charge in [-0.1, -0.05) is 32.7 Å². The highest BCUT2D eigenvalue weighted by atomic mass is 79.9. The van der Waals surface area contributed by atoms with Gasteiger partial charge in [-0.25, -0.2) is 0 Å². The standard InChI is InChI=1S/C16H10BrClN2O2/c17-11-3-7-13(8-4-11)19-16(21)14-9-15(22-20-14)10-1-5-12(18)6-2-10/h1-9H,(H,19,21). The quantitative estimate of drug-likeness (QED) is 0.698. The number of aromatic nitrogens is 1. The van der Waals surface area contributed by atoms with E-state index in [1.165, 1.54) is 0 Å². The molecule has 22 heavy (non-hydrogen) atoms. The molecule has 2 aromatic carbocycles. The van der Waals surface area contributed by atoms with Crippen LogP contribution in [0.2, 0.25) is 5.02 Å². The number of nitrogens with zero attached hydrogens (tertiary/aromatic N) is 1. The van der Waals surface area contributed by atoms with Gasteiger partial charge in [-0.3, -0.25) is 4.79 Å². The minimum absolute atomic E-state index is 0.216. The predicted octanol–water partition coefficient (Wildman–Crippen LogP) is 5.01. The monoisotopic (exact) mass is 376 g/mol. The van der Waals surface area contributed by atoms with Gasteiger partial charge in [0.05, 0.1) is 0 Å². The average Bonchev–Trinajstić information content (AvgIpc) is 3.00. The van der Waals surface area contributed by atoms with Gasteiger partial charge in [0.15, 0.2) is 11.5 Å². The number of carbonyl (C=O) groups is 1. The maximum absolute atomic E-state index is 12.1. The van der Waals surface area contributed by atoms with E-state index in [-0.39, 0.29) is 11.6 Å². The number of hydrogen-bond donors (Lipinski definition) is 1. The largest absolute Gasteiger partial charge is 0.355 e. The number of halogens is 2. The number of amides is 1. The molecule has 0 aliphatic heterocycles. The Bertz CT molecular complexity index is 798. The molecule has 1 aromatic heterocycles. The van der Waals surface area contributed by atoms with Crippen molar-refractivity contribution in [2.75, 3.05) is 5.32 Å². The van der Waals surface area contributed by atoms with Crippen molar-refractivity contribution in [3.63, 3.8) is 0 Å². The minimum Gasteiger partial charge on any atom is -0.355 e. The third-order valence-corrected chi connectivity index (χ3v) is 3.75. The maximum atomic E-state index is 12.1. The van der Waals surface area contributed by atoms with Gasteiger partial charge in [0, 0.05) is 26.8 Å². The summed E-state index contributed by atoms with van der Waals surface area (Å²) < 4.78 is 6.15. The number of rotatable bonds is 3. The van der Waals surface area contributed by atoms with E-state index in [4.69, 9.17) is 16.1 Å². The zero-order valence-electron chi connectivity index (χ0n) is 11.2. The van der Waals surface area contributed by atoms with Crippen LogP contribution in [0.5, 0.6) is 0 Å². The normalized spacial score (nSPS) is 10.5. The van der Waals surface area contributed by atoms with Gasteiger partial charge in [-0.15, -0.1) is 0 Å². The fourth-order valence-electron chi connectivity index (χ4n) is 1.86. The second-order valence-electron chi connectivity index (χ2n) is 4.54. The Kier molecular flexibility index (Phi) is 4.27. The van der Waals surface area contributed by atoms with Crippen LogP contribution in [0.15, 0.2) is 63.6 Å². The fourth-order valence-corrected chi connectivity index (χ4v) is 2.25. The zero-order chi connectivity index (χ0) is 15.5. The van der Waals surface area contributed by atoms with E-state index in [0.29, 0.717) is 16.5 Å². The summed E-state index contributed by atoms with van der Waals surface area (Å²) in [5.41, 5.74) is 1.71. The Morgan fingerprint density at radius 2 is 1.77 bits per heavy atom. The first-order chi connectivity index (χ1) is 10.6. The van der Waals surface area contributed by atoms with Crippen LogP contribution in [-0.2, 0) is 0 Å². The Balaban J connectivity index is 1.76. The molecule has 0 fully saturated rings. The molecule has 6 heteroatoms. The number of nitrogens with one attached hydrogen (secondary N) is 1. The molecule has 0 aliphatic rings. The van der Waals surface area contributed by atoms with Gasteiger partial charge in [0.1, 0.15) is 0 Å². The van der Waals surface area contributed by atoms with Crippen molar-refractivity contribution >= 4 is 39.1 Å². The van der Waals surface area contributed by atoms with Crippen molar-refractivity contribution in [1.29, 1.82) is 0 Å². The third-order valence-electron chi connectivity index (χ3n) is 2.97. The zero-order valence-corrected chi connectivity index (χ0v) is 13.6. The van der Waals surface area contributed by atoms with Gasteiger partial charge in [0.25, 0.3) is 5.91 Å². The van der Waals surface area contributed by atoms with Crippen LogP contribution in [0.1, 0.15) is 10.5 Å². The second kappa shape index (κ2) is 6.34. The number of anilines is 1. The summed E-state index contributed by atoms with van der Waals surface area (Å²) in [5, 5.41) is 7.19. The Labute approximate surface area is 140 Å². The summed E-state index contributed by atoms with van der Waals surface area (Å²) in [6.45, 7) is 0. The Morgan fingerprint density at radius 1 is 1.09 bits per heavy atom. The van der Waals surface area contributed by atoms with Gasteiger partial charge < -0.3 is 9.84 Å². The molecule has 0 unspecified atom stereocenters. The molecule has 0 saturated carbocycles. The number of hydrogen-bond acceptors (Lipinski definition) is 3. The Morgan fingerprint density at radius 3 is 2.45 bits per heavy atom. The fraction of sp³-hybridized carbons (Fsp3) is 0. The van der Waals surface area contributed by atoms with Crippen molar-refractivity contribution in [3.8, 4) is 11.3 Å². The molecule has 1 heterocycles. The highest BCUT2D eigenvalue weighted by molar-refractivity contribution is 9.10. The molecule has 0 aliphatic carbocycles. The lowest BCUT2D eigenvalue weighted by atomic mass is 10.1. The van der Waals surface area contributed by atoms with Crippen LogP contribution >= 0.6 is 27.5 Å². The van der Waals surface area contributed by atoms with Gasteiger partial charge in [0.2, 0.25) is 0 Å². The molecule has 0 atom stereocenters. The lowest BCUT2D eigenvalue weighted by Crippen LogP contribution is -2.11. The first kappa shape index (κ1) is 14.8. The van der Waals surface area contributed by atoms with Gasteiger partial charge in [-0.05, 0) is 48.5 Å². The van der Waals surface area contributed by atoms with Crippen LogP contribution in [-0.4, -0.2) is 11.1 Å². The van der Waals surface area contributed by atoms with Crippen molar-refractivity contribution in [2.45, 2.75) is 0 Å². The molecule has 0 spiro atoms. The first-order valence-corrected chi connectivity index (χ1v) is 7.58. The van der Waals surface area contributed by atoms with E-state index in [2.05, 4.69) is 26.4 Å². The Hall–Kier alpha value is -2.11. The summed E-state index contributed by atoms with van der Waals surface area (Å²) in [5.74, 6) is 0.184. The van der Waals surface area contributed by atoms with E-state index in [9.17, 15) is 4.79 Å².